The standard InChI is InChI=1S/C14H16F3NOS/c15-14(16,17)11-5-2-6-18-12(11)13(19)7-9-3-1-4-10(8-13)20-9/h2,5-6,9-10,19H,1,3-4,7-8H2. The van der Waals surface area contributed by atoms with Crippen LogP contribution in [-0.4, -0.2) is 20.6 Å². The predicted octanol–water partition coefficient (Wildman–Crippen LogP) is 3.74. The van der Waals surface area contributed by atoms with E-state index in [9.17, 15) is 18.3 Å². The Morgan fingerprint density at radius 2 is 1.90 bits per heavy atom. The molecule has 2 atom stereocenters. The van der Waals surface area contributed by atoms with Crippen molar-refractivity contribution in [1.82, 2.24) is 4.98 Å². The van der Waals surface area contributed by atoms with E-state index in [1.54, 1.807) is 0 Å². The lowest BCUT2D eigenvalue weighted by Gasteiger charge is -2.44. The summed E-state index contributed by atoms with van der Waals surface area (Å²) < 4.78 is 39.3. The molecule has 3 rings (SSSR count). The van der Waals surface area contributed by atoms with Crippen molar-refractivity contribution in [2.75, 3.05) is 0 Å². The van der Waals surface area contributed by atoms with Crippen LogP contribution >= 0.6 is 11.8 Å². The number of halogens is 3. The Morgan fingerprint density at radius 3 is 2.50 bits per heavy atom. The molecular formula is C14H16F3NOS. The van der Waals surface area contributed by atoms with Gasteiger partial charge in [0.05, 0.1) is 11.3 Å². The molecule has 110 valence electrons. The third-order valence-electron chi connectivity index (χ3n) is 4.12. The summed E-state index contributed by atoms with van der Waals surface area (Å²) in [4.78, 5) is 3.89. The van der Waals surface area contributed by atoms with Gasteiger partial charge < -0.3 is 5.11 Å². The number of hydrogen-bond acceptors (Lipinski definition) is 3. The van der Waals surface area contributed by atoms with E-state index in [0.29, 0.717) is 12.8 Å². The van der Waals surface area contributed by atoms with Gasteiger partial charge in [0, 0.05) is 16.7 Å². The van der Waals surface area contributed by atoms with Gasteiger partial charge in [0.2, 0.25) is 0 Å². The maximum atomic E-state index is 13.1. The summed E-state index contributed by atoms with van der Waals surface area (Å²) in [6.07, 6.45) is 0.643. The molecule has 1 aromatic heterocycles. The van der Waals surface area contributed by atoms with Gasteiger partial charge in [-0.2, -0.15) is 24.9 Å². The monoisotopic (exact) mass is 303 g/mol. The maximum Gasteiger partial charge on any atom is 0.418 e. The SMILES string of the molecule is OC1(c2ncccc2C(F)(F)F)CC2CCCC(C1)S2. The highest BCUT2D eigenvalue weighted by Crippen LogP contribution is 2.50. The Bertz CT molecular complexity index is 493. The van der Waals surface area contributed by atoms with Gasteiger partial charge in [-0.25, -0.2) is 0 Å². The summed E-state index contributed by atoms with van der Waals surface area (Å²) in [5, 5.41) is 11.3. The minimum absolute atomic E-state index is 0.190. The lowest BCUT2D eigenvalue weighted by atomic mass is 9.81. The van der Waals surface area contributed by atoms with Crippen LogP contribution < -0.4 is 0 Å². The molecule has 20 heavy (non-hydrogen) atoms. The van der Waals surface area contributed by atoms with E-state index in [-0.39, 0.29) is 16.2 Å². The molecular weight excluding hydrogens is 287 g/mol. The fraction of sp³-hybridized carbons (Fsp3) is 0.643. The number of pyridine rings is 1. The first-order valence-corrected chi connectivity index (χ1v) is 7.73. The van der Waals surface area contributed by atoms with Crippen molar-refractivity contribution >= 4 is 11.8 Å². The number of aromatic nitrogens is 1. The zero-order chi connectivity index (χ0) is 14.4. The minimum Gasteiger partial charge on any atom is -0.383 e. The van der Waals surface area contributed by atoms with Gasteiger partial charge in [0.15, 0.2) is 0 Å². The predicted molar refractivity (Wildman–Crippen MR) is 71.4 cm³/mol. The number of alkyl halides is 3. The zero-order valence-corrected chi connectivity index (χ0v) is 11.7. The first-order valence-electron chi connectivity index (χ1n) is 6.79. The number of thioether (sulfide) groups is 1. The number of hydrogen-bond donors (Lipinski definition) is 1. The third-order valence-corrected chi connectivity index (χ3v) is 5.70. The Hall–Kier alpha value is -0.750. The quantitative estimate of drug-likeness (QED) is 0.858. The summed E-state index contributed by atoms with van der Waals surface area (Å²) in [6.45, 7) is 0. The van der Waals surface area contributed by atoms with Gasteiger partial charge in [-0.15, -0.1) is 0 Å². The van der Waals surface area contributed by atoms with Crippen LogP contribution in [0.4, 0.5) is 13.2 Å². The molecule has 0 amide bonds. The first-order chi connectivity index (χ1) is 9.38. The molecule has 2 bridgehead atoms. The van der Waals surface area contributed by atoms with Crippen LogP contribution in [0.25, 0.3) is 0 Å². The molecule has 1 aromatic rings. The molecule has 2 unspecified atom stereocenters. The van der Waals surface area contributed by atoms with Crippen LogP contribution in [0.5, 0.6) is 0 Å². The third kappa shape index (κ3) is 2.55. The lowest BCUT2D eigenvalue weighted by Crippen LogP contribution is -2.42. The van der Waals surface area contributed by atoms with Gasteiger partial charge in [-0.3, -0.25) is 4.98 Å². The van der Waals surface area contributed by atoms with E-state index in [4.69, 9.17) is 0 Å². The second-order valence-electron chi connectivity index (χ2n) is 5.65. The van der Waals surface area contributed by atoms with Crippen molar-refractivity contribution in [3.05, 3.63) is 29.6 Å². The van der Waals surface area contributed by atoms with E-state index < -0.39 is 17.3 Å². The smallest absolute Gasteiger partial charge is 0.383 e. The summed E-state index contributed by atoms with van der Waals surface area (Å²) >= 11 is 1.81. The molecule has 0 saturated carbocycles. The Kier molecular flexibility index (Phi) is 3.49. The molecule has 3 heterocycles. The lowest BCUT2D eigenvalue weighted by molar-refractivity contribution is -0.141. The van der Waals surface area contributed by atoms with Gasteiger partial charge >= 0.3 is 6.18 Å². The summed E-state index contributed by atoms with van der Waals surface area (Å²) in [7, 11) is 0. The highest BCUT2D eigenvalue weighted by atomic mass is 32.2. The van der Waals surface area contributed by atoms with Crippen LogP contribution in [0.2, 0.25) is 0 Å². The van der Waals surface area contributed by atoms with Crippen LogP contribution in [0.15, 0.2) is 18.3 Å². The zero-order valence-electron chi connectivity index (χ0n) is 10.9. The molecule has 0 spiro atoms. The molecule has 1 N–H and O–H groups in total. The second-order valence-corrected chi connectivity index (χ2v) is 7.25. The van der Waals surface area contributed by atoms with E-state index in [0.717, 1.165) is 25.3 Å². The van der Waals surface area contributed by atoms with Crippen LogP contribution in [0.1, 0.15) is 43.4 Å². The fourth-order valence-electron chi connectivity index (χ4n) is 3.32. The van der Waals surface area contributed by atoms with Crippen LogP contribution in [0.3, 0.4) is 0 Å². The van der Waals surface area contributed by atoms with Crippen molar-refractivity contribution in [1.29, 1.82) is 0 Å². The normalized spacial score (nSPS) is 34.0. The molecule has 2 nitrogen and oxygen atoms in total. The molecule has 2 aliphatic rings. The largest absolute Gasteiger partial charge is 0.418 e. The molecule has 0 aromatic carbocycles. The van der Waals surface area contributed by atoms with Crippen LogP contribution in [-0.2, 0) is 11.8 Å². The van der Waals surface area contributed by atoms with Crippen molar-refractivity contribution in [2.45, 2.75) is 54.4 Å². The van der Waals surface area contributed by atoms with Gasteiger partial charge in [0.25, 0.3) is 0 Å². The van der Waals surface area contributed by atoms with E-state index in [2.05, 4.69) is 4.98 Å². The maximum absolute atomic E-state index is 13.1. The Labute approximate surface area is 119 Å². The van der Waals surface area contributed by atoms with Crippen molar-refractivity contribution in [2.24, 2.45) is 0 Å². The topological polar surface area (TPSA) is 33.1 Å². The average molecular weight is 303 g/mol. The first kappa shape index (κ1) is 14.2. The van der Waals surface area contributed by atoms with Gasteiger partial charge in [-0.05, 0) is 37.8 Å². The molecule has 0 aliphatic carbocycles. The van der Waals surface area contributed by atoms with E-state index in [1.165, 1.54) is 12.3 Å². The Balaban J connectivity index is 2.00. The Morgan fingerprint density at radius 1 is 1.25 bits per heavy atom. The van der Waals surface area contributed by atoms with Gasteiger partial charge in [-0.1, -0.05) is 6.42 Å². The summed E-state index contributed by atoms with van der Waals surface area (Å²) in [5.41, 5.74) is -2.43. The average Bonchev–Trinajstić information content (AvgIpc) is 2.37. The summed E-state index contributed by atoms with van der Waals surface area (Å²) in [5.74, 6) is 0. The molecule has 6 heteroatoms. The molecule has 2 fully saturated rings. The van der Waals surface area contributed by atoms with Crippen molar-refractivity contribution in [3.63, 3.8) is 0 Å². The highest BCUT2D eigenvalue weighted by molar-refractivity contribution is 8.00. The molecule has 0 radical (unpaired) electrons. The van der Waals surface area contributed by atoms with Crippen molar-refractivity contribution in [3.8, 4) is 0 Å². The minimum atomic E-state index is -4.47. The van der Waals surface area contributed by atoms with Crippen LogP contribution in [0, 0.1) is 0 Å². The van der Waals surface area contributed by atoms with Crippen molar-refractivity contribution < 1.29 is 18.3 Å². The fourth-order valence-corrected chi connectivity index (χ4v) is 5.21. The molecule has 2 saturated heterocycles. The second kappa shape index (κ2) is 4.91. The van der Waals surface area contributed by atoms with E-state index >= 15 is 0 Å². The molecule has 2 aliphatic heterocycles. The highest BCUT2D eigenvalue weighted by Gasteiger charge is 2.47. The number of rotatable bonds is 1. The van der Waals surface area contributed by atoms with E-state index in [1.807, 2.05) is 11.8 Å². The number of aliphatic hydroxyl groups is 1. The summed E-state index contributed by atoms with van der Waals surface area (Å²) in [6, 6.07) is 2.28. The number of fused-ring (bicyclic) bond motifs is 2. The van der Waals surface area contributed by atoms with Gasteiger partial charge in [0.1, 0.15) is 5.60 Å². The number of nitrogens with zero attached hydrogens (tertiary/aromatic N) is 1.